The van der Waals surface area contributed by atoms with Crippen molar-refractivity contribution in [1.29, 1.82) is 0 Å². The second-order valence-corrected chi connectivity index (χ2v) is 9.03. The molecular formula is C25H30N4O5. The van der Waals surface area contributed by atoms with Gasteiger partial charge in [0.05, 0.1) is 12.2 Å². The fourth-order valence-corrected chi connectivity index (χ4v) is 5.33. The van der Waals surface area contributed by atoms with Crippen molar-refractivity contribution in [3.63, 3.8) is 0 Å². The van der Waals surface area contributed by atoms with Gasteiger partial charge in [-0.3, -0.25) is 19.2 Å². The van der Waals surface area contributed by atoms with Crippen LogP contribution in [-0.4, -0.2) is 59.6 Å². The predicted molar refractivity (Wildman–Crippen MR) is 125 cm³/mol. The van der Waals surface area contributed by atoms with Crippen LogP contribution in [0.4, 0.5) is 5.69 Å². The zero-order valence-corrected chi connectivity index (χ0v) is 19.7. The maximum Gasteiger partial charge on any atom is 0.255 e. The van der Waals surface area contributed by atoms with Gasteiger partial charge in [0.15, 0.2) is 0 Å². The van der Waals surface area contributed by atoms with Crippen molar-refractivity contribution in [3.8, 4) is 0 Å². The van der Waals surface area contributed by atoms with Crippen LogP contribution in [0.15, 0.2) is 47.1 Å². The van der Waals surface area contributed by atoms with E-state index < -0.39 is 17.5 Å². The van der Waals surface area contributed by atoms with Crippen LogP contribution in [0.3, 0.4) is 0 Å². The van der Waals surface area contributed by atoms with E-state index in [2.05, 4.69) is 10.6 Å². The number of benzene rings is 1. The first-order chi connectivity index (χ1) is 16.3. The molecule has 0 unspecified atom stereocenters. The summed E-state index contributed by atoms with van der Waals surface area (Å²) in [4.78, 5) is 55.5. The molecule has 180 valence electrons. The van der Waals surface area contributed by atoms with Crippen LogP contribution >= 0.6 is 0 Å². The highest BCUT2D eigenvalue weighted by Gasteiger charge is 2.61. The van der Waals surface area contributed by atoms with Crippen molar-refractivity contribution in [2.45, 2.75) is 44.2 Å². The highest BCUT2D eigenvalue weighted by atomic mass is 16.3. The smallest absolute Gasteiger partial charge is 0.255 e. The van der Waals surface area contributed by atoms with Crippen LogP contribution in [0.25, 0.3) is 0 Å². The molecule has 2 aromatic rings. The number of furan rings is 1. The second kappa shape index (κ2) is 9.32. The molecule has 3 heterocycles. The van der Waals surface area contributed by atoms with E-state index in [0.29, 0.717) is 30.0 Å². The molecule has 2 saturated heterocycles. The maximum atomic E-state index is 14.1. The van der Waals surface area contributed by atoms with Gasteiger partial charge in [-0.15, -0.1) is 0 Å². The topological polar surface area (TPSA) is 112 Å². The number of rotatable bonds is 4. The van der Waals surface area contributed by atoms with Crippen LogP contribution in [-0.2, 0) is 14.4 Å². The number of carbonyl (C=O) groups excluding carboxylic acids is 4. The first-order valence-corrected chi connectivity index (χ1v) is 11.5. The lowest BCUT2D eigenvalue weighted by atomic mass is 9.85. The Bertz CT molecular complexity index is 1080. The molecule has 2 fully saturated rings. The highest BCUT2D eigenvalue weighted by Crippen LogP contribution is 2.51. The lowest BCUT2D eigenvalue weighted by molar-refractivity contribution is -0.140. The fraction of sp³-hybridized carbons (Fsp3) is 0.440. The molecule has 1 aromatic heterocycles. The minimum atomic E-state index is -1.16. The number of nitrogens with one attached hydrogen (secondary N) is 2. The number of nitrogens with zero attached hydrogens (tertiary/aromatic N) is 2. The SMILES string of the molecule is CNC(=O)[C@H]1C[C@]2(CCCCN(C)C2=O)N(C(=O)c2ccc(NC(C)=O)cc2)[C@H]1c1ccco1. The van der Waals surface area contributed by atoms with Crippen molar-refractivity contribution in [3.05, 3.63) is 54.0 Å². The highest BCUT2D eigenvalue weighted by molar-refractivity contribution is 6.02. The molecule has 4 amide bonds. The summed E-state index contributed by atoms with van der Waals surface area (Å²) in [6, 6.07) is 9.27. The molecule has 2 aliphatic rings. The lowest BCUT2D eigenvalue weighted by Crippen LogP contribution is -2.57. The van der Waals surface area contributed by atoms with Crippen molar-refractivity contribution >= 4 is 29.3 Å². The van der Waals surface area contributed by atoms with E-state index in [4.69, 9.17) is 4.42 Å². The van der Waals surface area contributed by atoms with Gasteiger partial charge in [-0.05, 0) is 62.1 Å². The molecule has 1 spiro atoms. The Kier molecular flexibility index (Phi) is 6.45. The van der Waals surface area contributed by atoms with E-state index in [1.807, 2.05) is 0 Å². The molecule has 34 heavy (non-hydrogen) atoms. The molecule has 9 nitrogen and oxygen atoms in total. The van der Waals surface area contributed by atoms with Gasteiger partial charge in [0, 0.05) is 38.8 Å². The predicted octanol–water partition coefficient (Wildman–Crippen LogP) is 2.57. The van der Waals surface area contributed by atoms with Crippen molar-refractivity contribution < 1.29 is 23.6 Å². The van der Waals surface area contributed by atoms with Crippen LogP contribution in [0.2, 0.25) is 0 Å². The maximum absolute atomic E-state index is 14.1. The average molecular weight is 467 g/mol. The molecule has 0 saturated carbocycles. The third-order valence-corrected chi connectivity index (χ3v) is 6.85. The molecule has 0 radical (unpaired) electrons. The minimum absolute atomic E-state index is 0.156. The number of anilines is 1. The summed E-state index contributed by atoms with van der Waals surface area (Å²) >= 11 is 0. The van der Waals surface area contributed by atoms with Crippen LogP contribution in [0, 0.1) is 5.92 Å². The molecule has 0 aliphatic carbocycles. The Morgan fingerprint density at radius 2 is 1.85 bits per heavy atom. The summed E-state index contributed by atoms with van der Waals surface area (Å²) in [6.45, 7) is 2.01. The molecule has 0 bridgehead atoms. The number of hydrogen-bond acceptors (Lipinski definition) is 5. The Morgan fingerprint density at radius 1 is 1.12 bits per heavy atom. The quantitative estimate of drug-likeness (QED) is 0.719. The van der Waals surface area contributed by atoms with Crippen molar-refractivity contribution in [1.82, 2.24) is 15.1 Å². The van der Waals surface area contributed by atoms with Crippen molar-refractivity contribution in [2.24, 2.45) is 5.92 Å². The first-order valence-electron chi connectivity index (χ1n) is 11.5. The Morgan fingerprint density at radius 3 is 2.47 bits per heavy atom. The van der Waals surface area contributed by atoms with Gasteiger partial charge in [-0.2, -0.15) is 0 Å². The van der Waals surface area contributed by atoms with E-state index in [1.54, 1.807) is 60.3 Å². The van der Waals surface area contributed by atoms with Gasteiger partial charge >= 0.3 is 0 Å². The molecule has 3 atom stereocenters. The molecule has 4 rings (SSSR count). The van der Waals surface area contributed by atoms with Crippen LogP contribution < -0.4 is 10.6 Å². The van der Waals surface area contributed by atoms with Crippen LogP contribution in [0.5, 0.6) is 0 Å². The Balaban J connectivity index is 1.84. The van der Waals surface area contributed by atoms with Crippen LogP contribution in [0.1, 0.15) is 54.8 Å². The second-order valence-electron chi connectivity index (χ2n) is 9.03. The summed E-state index contributed by atoms with van der Waals surface area (Å²) < 4.78 is 5.70. The number of likely N-dealkylation sites (tertiary alicyclic amines) is 2. The molecular weight excluding hydrogens is 436 g/mol. The van der Waals surface area contributed by atoms with E-state index in [9.17, 15) is 19.2 Å². The summed E-state index contributed by atoms with van der Waals surface area (Å²) in [7, 11) is 3.30. The molecule has 2 aliphatic heterocycles. The molecule has 1 aromatic carbocycles. The van der Waals surface area contributed by atoms with E-state index in [-0.39, 0.29) is 30.0 Å². The zero-order valence-electron chi connectivity index (χ0n) is 19.7. The first kappa shape index (κ1) is 23.5. The van der Waals surface area contributed by atoms with E-state index in [0.717, 1.165) is 12.8 Å². The summed E-state index contributed by atoms with van der Waals surface area (Å²) in [5, 5.41) is 5.39. The van der Waals surface area contributed by atoms with E-state index >= 15 is 0 Å². The largest absolute Gasteiger partial charge is 0.467 e. The Hall–Kier alpha value is -3.62. The normalized spacial score (nSPS) is 24.7. The molecule has 2 N–H and O–H groups in total. The third-order valence-electron chi connectivity index (χ3n) is 6.85. The van der Waals surface area contributed by atoms with Gasteiger partial charge < -0.3 is 24.9 Å². The summed E-state index contributed by atoms with van der Waals surface area (Å²) in [6.07, 6.45) is 3.78. The summed E-state index contributed by atoms with van der Waals surface area (Å²) in [5.41, 5.74) is -0.230. The van der Waals surface area contributed by atoms with Gasteiger partial charge in [-0.1, -0.05) is 0 Å². The van der Waals surface area contributed by atoms with Gasteiger partial charge in [0.1, 0.15) is 17.3 Å². The minimum Gasteiger partial charge on any atom is -0.467 e. The van der Waals surface area contributed by atoms with Gasteiger partial charge in [0.2, 0.25) is 17.7 Å². The third kappa shape index (κ3) is 4.06. The van der Waals surface area contributed by atoms with Gasteiger partial charge in [-0.25, -0.2) is 0 Å². The van der Waals surface area contributed by atoms with E-state index in [1.165, 1.54) is 13.2 Å². The zero-order chi connectivity index (χ0) is 24.5. The lowest BCUT2D eigenvalue weighted by Gasteiger charge is -2.40. The standard InChI is InChI=1S/C25H30N4O5/c1-16(30)27-18-10-8-17(9-11-18)23(32)29-21(20-7-6-14-34-20)19(22(31)26-2)15-25(29)12-4-5-13-28(3)24(25)33/h6-11,14,19,21H,4-5,12-13,15H2,1-3H3,(H,26,31)(H,27,30)/t19-,21+,25-/m0/s1. The van der Waals surface area contributed by atoms with Crippen molar-refractivity contribution in [2.75, 3.05) is 26.0 Å². The number of amides is 4. The monoisotopic (exact) mass is 466 g/mol. The number of likely N-dealkylation sites (N-methyl/N-ethyl adjacent to an activating group) is 1. The molecule has 9 heteroatoms. The fourth-order valence-electron chi connectivity index (χ4n) is 5.33. The Labute approximate surface area is 198 Å². The number of hydrogen-bond donors (Lipinski definition) is 2. The summed E-state index contributed by atoms with van der Waals surface area (Å²) in [5.74, 6) is -1.14. The number of carbonyl (C=O) groups is 4. The van der Waals surface area contributed by atoms with Gasteiger partial charge in [0.25, 0.3) is 5.91 Å². The average Bonchev–Trinajstić information content (AvgIpc) is 3.44.